The molecule has 3 aliphatic carbocycles. The Bertz CT molecular complexity index is 10400. The molecule has 29 aromatic rings. The largest absolute Gasteiger partial charge is 0.309 e. The second-order valence-electron chi connectivity index (χ2n) is 37.8. The minimum atomic E-state index is 0.638. The van der Waals surface area contributed by atoms with Gasteiger partial charge in [0.1, 0.15) is 0 Å². The molecule has 11 heteroatoms. The lowest BCUT2D eigenvalue weighted by atomic mass is 9.92. The van der Waals surface area contributed by atoms with Gasteiger partial charge in [-0.05, 0) is 194 Å². The van der Waals surface area contributed by atoms with Crippen LogP contribution in [0.25, 0.3) is 305 Å². The van der Waals surface area contributed by atoms with Crippen molar-refractivity contribution in [2.45, 2.75) is 0 Å². The van der Waals surface area contributed by atoms with E-state index in [1.807, 2.05) is 127 Å². The number of rotatable bonds is 10. The molecule has 0 saturated carbocycles. The van der Waals surface area contributed by atoms with Crippen LogP contribution in [-0.2, 0) is 0 Å². The van der Waals surface area contributed by atoms with Crippen LogP contribution in [-0.4, -0.2) is 53.6 Å². The van der Waals surface area contributed by atoms with Crippen LogP contribution >= 0.6 is 0 Å². The van der Waals surface area contributed by atoms with Gasteiger partial charge in [0.05, 0.1) is 44.3 Å². The molecule has 0 aliphatic heterocycles. The van der Waals surface area contributed by atoms with Gasteiger partial charge in [-0.25, -0.2) is 39.9 Å². The van der Waals surface area contributed by atoms with Crippen molar-refractivity contribution in [1.29, 1.82) is 0 Å². The Labute approximate surface area is 831 Å². The van der Waals surface area contributed by atoms with Gasteiger partial charge in [0.15, 0.2) is 34.9 Å². The van der Waals surface area contributed by atoms with E-state index < -0.39 is 0 Å². The van der Waals surface area contributed by atoms with E-state index in [0.29, 0.717) is 40.9 Å². The van der Waals surface area contributed by atoms with Gasteiger partial charge >= 0.3 is 0 Å². The molecular weight excluding hydrogens is 1760 g/mol. The first kappa shape index (κ1) is 81.4. The molecule has 6 heterocycles. The van der Waals surface area contributed by atoms with E-state index in [2.05, 4.69) is 366 Å². The van der Waals surface area contributed by atoms with Crippen molar-refractivity contribution in [3.63, 3.8) is 0 Å². The topological polar surface area (TPSA) is 118 Å². The van der Waals surface area contributed by atoms with Gasteiger partial charge in [-0.3, -0.25) is 4.57 Å². The maximum Gasteiger partial charge on any atom is 0.235 e. The number of para-hydroxylation sites is 1. The quantitative estimate of drug-likeness (QED) is 0.133. The zero-order valence-electron chi connectivity index (χ0n) is 78.0. The number of fused-ring (bicyclic) bond motifs is 16. The summed E-state index contributed by atoms with van der Waals surface area (Å²) in [6, 6.07) is 171. The van der Waals surface area contributed by atoms with E-state index in [1.54, 1.807) is 0 Å². The van der Waals surface area contributed by atoms with Gasteiger partial charge in [0, 0.05) is 104 Å². The Morgan fingerprint density at radius 3 is 0.821 bits per heavy atom. The summed E-state index contributed by atoms with van der Waals surface area (Å²) in [7, 11) is 0. The number of benzene rings is 23. The fraction of sp³-hybridized carbons (Fsp3) is 0. The fourth-order valence-electron chi connectivity index (χ4n) is 23.5. The second-order valence-corrected chi connectivity index (χ2v) is 37.8. The normalized spacial score (nSPS) is 12.0. The summed E-state index contributed by atoms with van der Waals surface area (Å²) < 4.78 is 7.24. The van der Waals surface area contributed by atoms with Gasteiger partial charge in [0.2, 0.25) is 5.95 Å². The van der Waals surface area contributed by atoms with Crippen molar-refractivity contribution in [1.82, 2.24) is 53.6 Å². The Morgan fingerprint density at radius 1 is 0.145 bits per heavy atom. The maximum absolute atomic E-state index is 5.37. The van der Waals surface area contributed by atoms with Crippen LogP contribution < -0.4 is 0 Å². The molecule has 0 atom stereocenters. The molecule has 145 heavy (non-hydrogen) atoms. The molecular formula is C134H79N11. The highest BCUT2D eigenvalue weighted by Gasteiger charge is 2.33. The smallest absolute Gasteiger partial charge is 0.235 e. The van der Waals surface area contributed by atoms with Crippen molar-refractivity contribution >= 4 is 141 Å². The van der Waals surface area contributed by atoms with E-state index >= 15 is 0 Å². The highest BCUT2D eigenvalue weighted by atomic mass is 15.2. The molecule has 0 fully saturated rings. The van der Waals surface area contributed by atoms with Gasteiger partial charge in [-0.2, -0.15) is 0 Å². The third-order valence-electron chi connectivity index (χ3n) is 29.8. The first-order valence-corrected chi connectivity index (χ1v) is 49.3. The number of nitrogens with zero attached hydrogens (tertiary/aromatic N) is 11. The minimum absolute atomic E-state index is 0.638. The average Bonchev–Trinajstić information content (AvgIpc) is 1.54. The number of hydrogen-bond donors (Lipinski definition) is 0. The molecule has 0 radical (unpaired) electrons. The van der Waals surface area contributed by atoms with Gasteiger partial charge in [0.25, 0.3) is 0 Å². The van der Waals surface area contributed by atoms with Crippen LogP contribution in [0.3, 0.4) is 0 Å². The molecule has 670 valence electrons. The predicted molar refractivity (Wildman–Crippen MR) is 599 cm³/mol. The summed E-state index contributed by atoms with van der Waals surface area (Å²) >= 11 is 0. The molecule has 0 unspecified atom stereocenters. The first-order valence-electron chi connectivity index (χ1n) is 49.3. The van der Waals surface area contributed by atoms with Gasteiger partial charge < -0.3 is 9.13 Å². The molecule has 32 rings (SSSR count). The lowest BCUT2D eigenvalue weighted by molar-refractivity contribution is 1.02. The van der Waals surface area contributed by atoms with Crippen LogP contribution in [0, 0.1) is 0 Å². The Morgan fingerprint density at radius 2 is 0.428 bits per heavy atom. The van der Waals surface area contributed by atoms with Gasteiger partial charge in [-0.1, -0.05) is 400 Å². The first-order chi connectivity index (χ1) is 71.9. The highest BCUT2D eigenvalue weighted by Crippen LogP contribution is 2.57. The number of hydrogen-bond acceptors (Lipinski definition) is 8. The molecule has 11 nitrogen and oxygen atoms in total. The standard InChI is InChI=1S/2C47H28N4.C40H23N3/c1-3-13-30(14-4-1)45-48-46(31-15-5-2-6-16-31)50-47(49-45)33-19-11-20-34(27-33)51-40-26-25-29-18-12-24-38-36-22-9-10-23-37(36)39-28-32-17-7-8-21-35(32)44(51)42(39)43(40)41(29)38;1-3-12-30(13-4-1)45-48-46(31-14-5-2-6-15-31)50-47(49-45)32-22-25-34(26-23-32)51-40-27-24-29-17-11-21-38-36-19-9-10-20-37(36)39-28-33-16-7-8-18-35(33)44(51)42(39)43(40)41(29)38;1-2-11-25(12-3-1)38-31-18-8-9-20-33(31)41-40(42-38)43-34-22-21-24-14-10-19-30-28-16-6-7-17-29(28)32-23-26-13-4-5-15-27(26)39(43)36(32)37(34)35(24)30/h2*1-28H;1-23H. The highest BCUT2D eigenvalue weighted by molar-refractivity contribution is 6.38. The average molecular weight is 1840 g/mol. The SMILES string of the molecule is c1ccc(-c2nc(-c3ccccc3)nc(-c3ccc(-n4c5ccc6cccc7c6c5c5c(cc6ccccc6c54)-c4ccccc4-7)cc3)n2)cc1.c1ccc(-c2nc(-c3ccccc3)nc(-c3cccc(-n4c5ccc6cccc7c6c5c5c(cc6ccccc6c54)-c4ccccc4-7)c3)n2)cc1.c1ccc(-c2nc(-n3c4ccc5cccc6c5c4c4c(cc5ccccc5c43)-c3ccccc3-6)nc3ccccc23)cc1. The Balaban J connectivity index is 0.000000101. The van der Waals surface area contributed by atoms with Crippen LogP contribution in [0.4, 0.5) is 0 Å². The van der Waals surface area contributed by atoms with Crippen LogP contribution in [0.2, 0.25) is 0 Å². The molecule has 3 aliphatic rings. The van der Waals surface area contributed by atoms with Crippen molar-refractivity contribution in [3.05, 3.63) is 479 Å². The van der Waals surface area contributed by atoms with Crippen molar-refractivity contribution < 1.29 is 0 Å². The van der Waals surface area contributed by atoms with Crippen molar-refractivity contribution in [2.75, 3.05) is 0 Å². The summed E-state index contributed by atoms with van der Waals surface area (Å²) in [5, 5.41) is 23.7. The summed E-state index contributed by atoms with van der Waals surface area (Å²) in [6.07, 6.45) is 0. The van der Waals surface area contributed by atoms with Gasteiger partial charge in [-0.15, -0.1) is 0 Å². The summed E-state index contributed by atoms with van der Waals surface area (Å²) in [5.74, 6) is 4.58. The molecule has 0 amide bonds. The fourth-order valence-corrected chi connectivity index (χ4v) is 23.5. The van der Waals surface area contributed by atoms with E-state index in [4.69, 9.17) is 39.9 Å². The molecule has 23 aromatic carbocycles. The van der Waals surface area contributed by atoms with Crippen LogP contribution in [0.5, 0.6) is 0 Å². The van der Waals surface area contributed by atoms with Crippen LogP contribution in [0.1, 0.15) is 0 Å². The Kier molecular flexibility index (Phi) is 18.2. The summed E-state index contributed by atoms with van der Waals surface area (Å²) in [5.41, 5.74) is 33.1. The minimum Gasteiger partial charge on any atom is -0.309 e. The Hall–Kier alpha value is -19.6. The maximum atomic E-state index is 5.37. The lowest BCUT2D eigenvalue weighted by Gasteiger charge is -2.16. The molecule has 0 saturated heterocycles. The molecule has 6 aromatic heterocycles. The molecule has 0 N–H and O–H groups in total. The lowest BCUT2D eigenvalue weighted by Crippen LogP contribution is -2.04. The predicted octanol–water partition coefficient (Wildman–Crippen LogP) is 34.2. The monoisotopic (exact) mass is 1840 g/mol. The third kappa shape index (κ3) is 12.7. The van der Waals surface area contributed by atoms with Crippen LogP contribution in [0.15, 0.2) is 479 Å². The van der Waals surface area contributed by atoms with E-state index in [1.165, 1.54) is 186 Å². The molecule has 0 spiro atoms. The zero-order chi connectivity index (χ0) is 95.0. The van der Waals surface area contributed by atoms with Crippen molar-refractivity contribution in [2.24, 2.45) is 0 Å². The zero-order valence-corrected chi connectivity index (χ0v) is 78.0. The molecule has 0 bridgehead atoms. The van der Waals surface area contributed by atoms with E-state index in [0.717, 1.165) is 77.9 Å². The summed E-state index contributed by atoms with van der Waals surface area (Å²) in [6.45, 7) is 0. The second kappa shape index (κ2) is 32.5. The van der Waals surface area contributed by atoms with Crippen molar-refractivity contribution in [3.8, 4) is 164 Å². The van der Waals surface area contributed by atoms with E-state index in [-0.39, 0.29) is 0 Å². The van der Waals surface area contributed by atoms with E-state index in [9.17, 15) is 0 Å². The summed E-state index contributed by atoms with van der Waals surface area (Å²) in [4.78, 5) is 40.6. The number of aromatic nitrogens is 11. The third-order valence-corrected chi connectivity index (χ3v) is 29.8.